The number of carbonyl (C=O) groups excluding carboxylic acids is 1. The maximum Gasteiger partial charge on any atom is 0.361 e. The average Bonchev–Trinajstić information content (AvgIpc) is 3.22. The maximum absolute atomic E-state index is 13.0. The monoisotopic (exact) mass is 441 g/mol. The number of hydrogen-bond donors (Lipinski definition) is 1. The van der Waals surface area contributed by atoms with Crippen molar-refractivity contribution in [3.63, 3.8) is 0 Å². The molecule has 1 aliphatic heterocycles. The number of carbonyl (C=O) groups is 1. The second-order valence-electron chi connectivity index (χ2n) is 8.09. The van der Waals surface area contributed by atoms with Crippen LogP contribution in [0.3, 0.4) is 0 Å². The fourth-order valence-corrected chi connectivity index (χ4v) is 4.02. The smallest absolute Gasteiger partial charge is 0.361 e. The first kappa shape index (κ1) is 22.1. The maximum atomic E-state index is 13.0. The number of halogens is 1. The third-order valence-electron chi connectivity index (χ3n) is 5.81. The van der Waals surface area contributed by atoms with Gasteiger partial charge in [-0.1, -0.05) is 17.3 Å². The fourth-order valence-electron chi connectivity index (χ4n) is 4.02. The molecule has 1 N–H and O–H groups in total. The van der Waals surface area contributed by atoms with E-state index in [2.05, 4.69) is 25.3 Å². The van der Waals surface area contributed by atoms with Crippen LogP contribution in [0.5, 0.6) is 0 Å². The molecule has 3 aromatic rings. The summed E-state index contributed by atoms with van der Waals surface area (Å²) in [6.07, 6.45) is 3.06. The Morgan fingerprint density at radius 1 is 1.25 bits per heavy atom. The van der Waals surface area contributed by atoms with E-state index in [-0.39, 0.29) is 23.8 Å². The number of aryl methyl sites for hydroxylation is 1. The first-order chi connectivity index (χ1) is 15.5. The molecule has 32 heavy (non-hydrogen) atoms. The highest BCUT2D eigenvalue weighted by Gasteiger charge is 2.24. The van der Waals surface area contributed by atoms with E-state index in [1.807, 2.05) is 12.1 Å². The second-order valence-corrected chi connectivity index (χ2v) is 8.09. The van der Waals surface area contributed by atoms with Gasteiger partial charge in [0.05, 0.1) is 6.61 Å². The zero-order chi connectivity index (χ0) is 22.5. The molecule has 1 saturated heterocycles. The quantitative estimate of drug-likeness (QED) is 0.530. The van der Waals surface area contributed by atoms with Gasteiger partial charge >= 0.3 is 5.97 Å². The van der Waals surface area contributed by atoms with E-state index in [1.54, 1.807) is 13.8 Å². The van der Waals surface area contributed by atoms with Gasteiger partial charge in [-0.05, 0) is 69.8 Å². The number of aromatic nitrogens is 3. The summed E-state index contributed by atoms with van der Waals surface area (Å²) in [4.78, 5) is 23.4. The van der Waals surface area contributed by atoms with Gasteiger partial charge in [0.1, 0.15) is 22.8 Å². The van der Waals surface area contributed by atoms with Gasteiger partial charge in [0.25, 0.3) is 5.71 Å². The Morgan fingerprint density at radius 2 is 2.00 bits per heavy atom. The molecular weight excluding hydrogens is 413 g/mol. The summed E-state index contributed by atoms with van der Waals surface area (Å²) in [5.74, 6) is 0.848. The lowest BCUT2D eigenvalue weighted by Gasteiger charge is -2.32. The molecule has 170 valence electrons. The van der Waals surface area contributed by atoms with Crippen LogP contribution in [-0.4, -0.2) is 58.8 Å². The van der Waals surface area contributed by atoms with Gasteiger partial charge in [-0.3, -0.25) is 0 Å². The van der Waals surface area contributed by atoms with E-state index in [0.717, 1.165) is 51.0 Å². The summed E-state index contributed by atoms with van der Waals surface area (Å²) in [6, 6.07) is 6.74. The molecule has 9 heteroatoms. The lowest BCUT2D eigenvalue weighted by molar-refractivity contribution is 0.0517. The van der Waals surface area contributed by atoms with Gasteiger partial charge in [-0.15, -0.1) is 0 Å². The first-order valence-electron chi connectivity index (χ1n) is 11.0. The molecule has 0 unspecified atom stereocenters. The van der Waals surface area contributed by atoms with E-state index in [4.69, 9.17) is 9.26 Å². The molecule has 0 amide bonds. The SMILES string of the molecule is CCOC(=O)c1noc2nc(C)nc(NCC3CCN(CCc4ccc(F)cc4)CC3)c12. The molecule has 3 heterocycles. The number of fused-ring (bicyclic) bond motifs is 1. The third-order valence-corrected chi connectivity index (χ3v) is 5.81. The summed E-state index contributed by atoms with van der Waals surface area (Å²) < 4.78 is 23.4. The molecule has 0 aliphatic carbocycles. The number of likely N-dealkylation sites (tertiary alicyclic amines) is 1. The highest BCUT2D eigenvalue weighted by atomic mass is 19.1. The summed E-state index contributed by atoms with van der Waals surface area (Å²) in [5, 5.41) is 7.70. The van der Waals surface area contributed by atoms with Crippen LogP contribution in [-0.2, 0) is 11.2 Å². The topological polar surface area (TPSA) is 93.4 Å². The molecule has 2 aromatic heterocycles. The minimum absolute atomic E-state index is 0.0972. The molecule has 0 radical (unpaired) electrons. The van der Waals surface area contributed by atoms with Gasteiger partial charge in [0.2, 0.25) is 5.69 Å². The highest BCUT2D eigenvalue weighted by molar-refractivity contribution is 6.04. The van der Waals surface area contributed by atoms with E-state index < -0.39 is 5.97 Å². The number of benzene rings is 1. The predicted octanol–water partition coefficient (Wildman–Crippen LogP) is 3.61. The Labute approximate surface area is 186 Å². The molecule has 1 aromatic carbocycles. The van der Waals surface area contributed by atoms with E-state index in [9.17, 15) is 9.18 Å². The van der Waals surface area contributed by atoms with Crippen LogP contribution in [0.4, 0.5) is 10.2 Å². The molecule has 0 spiro atoms. The second kappa shape index (κ2) is 10.0. The zero-order valence-electron chi connectivity index (χ0n) is 18.4. The third kappa shape index (κ3) is 5.21. The number of piperidine rings is 1. The van der Waals surface area contributed by atoms with E-state index in [1.165, 1.54) is 12.1 Å². The number of hydrogen-bond acceptors (Lipinski definition) is 8. The van der Waals surface area contributed by atoms with Crippen LogP contribution >= 0.6 is 0 Å². The molecular formula is C23H28FN5O3. The van der Waals surface area contributed by atoms with Gasteiger partial charge in [-0.25, -0.2) is 14.2 Å². The van der Waals surface area contributed by atoms with Gasteiger partial charge in [-0.2, -0.15) is 4.98 Å². The number of ether oxygens (including phenoxy) is 1. The van der Waals surface area contributed by atoms with Crippen molar-refractivity contribution < 1.29 is 18.4 Å². The van der Waals surface area contributed by atoms with Crippen LogP contribution in [0.1, 0.15) is 41.6 Å². The number of rotatable bonds is 8. The molecule has 0 bridgehead atoms. The Hall–Kier alpha value is -3.07. The first-order valence-corrected chi connectivity index (χ1v) is 11.0. The minimum atomic E-state index is -0.545. The molecule has 0 atom stereocenters. The molecule has 1 aliphatic rings. The molecule has 4 rings (SSSR count). The Bertz CT molecular complexity index is 1060. The van der Waals surface area contributed by atoms with Crippen molar-refractivity contribution in [1.82, 2.24) is 20.0 Å². The van der Waals surface area contributed by atoms with Crippen molar-refractivity contribution in [3.05, 3.63) is 47.2 Å². The largest absolute Gasteiger partial charge is 0.461 e. The Kier molecular flexibility index (Phi) is 6.94. The Balaban J connectivity index is 1.33. The van der Waals surface area contributed by atoms with Crippen molar-refractivity contribution in [3.8, 4) is 0 Å². The normalized spacial score (nSPS) is 15.2. The molecule has 0 saturated carbocycles. The van der Waals surface area contributed by atoms with Crippen molar-refractivity contribution in [1.29, 1.82) is 0 Å². The van der Waals surface area contributed by atoms with Crippen molar-refractivity contribution in [2.75, 3.05) is 38.1 Å². The van der Waals surface area contributed by atoms with Gasteiger partial charge in [0.15, 0.2) is 0 Å². The lowest BCUT2D eigenvalue weighted by atomic mass is 9.96. The van der Waals surface area contributed by atoms with Gasteiger partial charge in [0, 0.05) is 13.1 Å². The van der Waals surface area contributed by atoms with Crippen LogP contribution in [0, 0.1) is 18.7 Å². The number of esters is 1. The predicted molar refractivity (Wildman–Crippen MR) is 118 cm³/mol. The molecule has 1 fully saturated rings. The van der Waals surface area contributed by atoms with Gasteiger partial charge < -0.3 is 19.5 Å². The van der Waals surface area contributed by atoms with E-state index in [0.29, 0.717) is 22.9 Å². The van der Waals surface area contributed by atoms with Crippen molar-refractivity contribution in [2.24, 2.45) is 5.92 Å². The fraction of sp³-hybridized carbons (Fsp3) is 0.478. The average molecular weight is 442 g/mol. The Morgan fingerprint density at radius 3 is 2.72 bits per heavy atom. The number of nitrogens with zero attached hydrogens (tertiary/aromatic N) is 4. The summed E-state index contributed by atoms with van der Waals surface area (Å²) in [6.45, 7) is 7.53. The summed E-state index contributed by atoms with van der Waals surface area (Å²) in [5.41, 5.74) is 1.53. The summed E-state index contributed by atoms with van der Waals surface area (Å²) >= 11 is 0. The minimum Gasteiger partial charge on any atom is -0.461 e. The van der Waals surface area contributed by atoms with Crippen molar-refractivity contribution >= 4 is 22.9 Å². The van der Waals surface area contributed by atoms with E-state index >= 15 is 0 Å². The zero-order valence-corrected chi connectivity index (χ0v) is 18.4. The number of anilines is 1. The molecule has 8 nitrogen and oxygen atoms in total. The summed E-state index contributed by atoms with van der Waals surface area (Å²) in [7, 11) is 0. The number of nitrogens with one attached hydrogen (secondary N) is 1. The van der Waals surface area contributed by atoms with Crippen molar-refractivity contribution in [2.45, 2.75) is 33.1 Å². The van der Waals surface area contributed by atoms with Crippen LogP contribution in [0.25, 0.3) is 11.1 Å². The van der Waals surface area contributed by atoms with Crippen LogP contribution in [0.2, 0.25) is 0 Å². The van der Waals surface area contributed by atoms with Crippen LogP contribution in [0.15, 0.2) is 28.8 Å². The van der Waals surface area contributed by atoms with Crippen LogP contribution < -0.4 is 5.32 Å². The highest BCUT2D eigenvalue weighted by Crippen LogP contribution is 2.26. The standard InChI is InChI=1S/C23H28FN5O3/c1-3-31-23(30)20-19-21(26-15(2)27-22(19)32-28-20)25-14-17-9-12-29(13-10-17)11-8-16-4-6-18(24)7-5-16/h4-7,17H,3,8-14H2,1-2H3,(H,25,26,27). The lowest BCUT2D eigenvalue weighted by Crippen LogP contribution is -2.37.